The summed E-state index contributed by atoms with van der Waals surface area (Å²) < 4.78 is 7.24. The molecule has 0 aliphatic heterocycles. The van der Waals surface area contributed by atoms with Crippen LogP contribution in [-0.2, 0) is 0 Å². The second-order valence-corrected chi connectivity index (χ2v) is 6.04. The molecule has 3 N–H and O–H groups in total. The Labute approximate surface area is 151 Å². The Kier molecular flexibility index (Phi) is 3.93. The van der Waals surface area contributed by atoms with Crippen LogP contribution >= 0.6 is 0 Å². The van der Waals surface area contributed by atoms with Crippen LogP contribution in [0.15, 0.2) is 61.1 Å². The number of aryl methyl sites for hydroxylation is 1. The maximum Gasteiger partial charge on any atom is 0.180 e. The molecular formula is C20H19N5O. The fourth-order valence-electron chi connectivity index (χ4n) is 2.87. The predicted octanol–water partition coefficient (Wildman–Crippen LogP) is 4.04. The summed E-state index contributed by atoms with van der Waals surface area (Å²) in [7, 11) is 1.66. The van der Waals surface area contributed by atoms with Gasteiger partial charge in [-0.1, -0.05) is 0 Å². The Morgan fingerprint density at radius 2 is 1.88 bits per heavy atom. The number of nitrogens with zero attached hydrogens (tertiary/aromatic N) is 3. The lowest BCUT2D eigenvalue weighted by atomic mass is 10.1. The lowest BCUT2D eigenvalue weighted by molar-refractivity contribution is 0.415. The minimum atomic E-state index is 0.691. The highest BCUT2D eigenvalue weighted by molar-refractivity contribution is 5.75. The number of hydrogen-bond acceptors (Lipinski definition) is 5. The number of methoxy groups -OCH3 is 1. The molecule has 0 saturated carbocycles. The Morgan fingerprint density at radius 3 is 2.62 bits per heavy atom. The van der Waals surface area contributed by atoms with Gasteiger partial charge in [0.15, 0.2) is 11.5 Å². The van der Waals surface area contributed by atoms with E-state index in [4.69, 9.17) is 10.5 Å². The van der Waals surface area contributed by atoms with Crippen molar-refractivity contribution in [2.45, 2.75) is 6.92 Å². The smallest absolute Gasteiger partial charge is 0.180 e. The van der Waals surface area contributed by atoms with Crippen LogP contribution in [0.3, 0.4) is 0 Å². The van der Waals surface area contributed by atoms with Gasteiger partial charge in [-0.2, -0.15) is 0 Å². The fraction of sp³-hybridized carbons (Fsp3) is 0.100. The molecule has 26 heavy (non-hydrogen) atoms. The molecule has 0 amide bonds. The molecule has 4 rings (SSSR count). The van der Waals surface area contributed by atoms with Gasteiger partial charge in [-0.3, -0.25) is 4.40 Å². The number of nitrogens with two attached hydrogens (primary N) is 1. The molecule has 2 heterocycles. The summed E-state index contributed by atoms with van der Waals surface area (Å²) in [5, 5.41) is 3.33. The minimum absolute atomic E-state index is 0.691. The number of aromatic nitrogens is 3. The van der Waals surface area contributed by atoms with Gasteiger partial charge in [0, 0.05) is 29.3 Å². The fourth-order valence-corrected chi connectivity index (χ4v) is 2.87. The number of nitrogens with one attached hydrogen (secondary N) is 1. The van der Waals surface area contributed by atoms with Gasteiger partial charge in [0.2, 0.25) is 0 Å². The topological polar surface area (TPSA) is 77.5 Å². The molecule has 6 heteroatoms. The van der Waals surface area contributed by atoms with Crippen LogP contribution in [0.25, 0.3) is 16.9 Å². The summed E-state index contributed by atoms with van der Waals surface area (Å²) in [6.07, 6.45) is 5.51. The maximum atomic E-state index is 5.89. The van der Waals surface area contributed by atoms with Crippen LogP contribution in [0.2, 0.25) is 0 Å². The molecule has 6 nitrogen and oxygen atoms in total. The summed E-state index contributed by atoms with van der Waals surface area (Å²) in [5.74, 6) is 1.52. The van der Waals surface area contributed by atoms with Crippen molar-refractivity contribution in [1.29, 1.82) is 0 Å². The zero-order valence-corrected chi connectivity index (χ0v) is 14.6. The third kappa shape index (κ3) is 2.82. The molecular weight excluding hydrogens is 326 g/mol. The van der Waals surface area contributed by atoms with Crippen LogP contribution in [0, 0.1) is 6.92 Å². The van der Waals surface area contributed by atoms with Gasteiger partial charge in [-0.15, -0.1) is 0 Å². The van der Waals surface area contributed by atoms with E-state index >= 15 is 0 Å². The van der Waals surface area contributed by atoms with Crippen LogP contribution in [0.1, 0.15) is 5.56 Å². The van der Waals surface area contributed by atoms with Gasteiger partial charge < -0.3 is 15.8 Å². The monoisotopic (exact) mass is 345 g/mol. The summed E-state index contributed by atoms with van der Waals surface area (Å²) >= 11 is 0. The molecule has 4 aromatic rings. The summed E-state index contributed by atoms with van der Waals surface area (Å²) in [5.41, 5.74) is 11.4. The Balaban J connectivity index is 1.73. The van der Waals surface area contributed by atoms with Crippen molar-refractivity contribution in [3.63, 3.8) is 0 Å². The van der Waals surface area contributed by atoms with Crippen molar-refractivity contribution in [2.24, 2.45) is 0 Å². The second kappa shape index (κ2) is 6.40. The third-order valence-electron chi connectivity index (χ3n) is 4.35. The first-order valence-corrected chi connectivity index (χ1v) is 8.25. The van der Waals surface area contributed by atoms with E-state index < -0.39 is 0 Å². The van der Waals surface area contributed by atoms with E-state index in [1.54, 1.807) is 13.3 Å². The number of nitrogen functional groups attached to an aromatic ring is 1. The van der Waals surface area contributed by atoms with Crippen molar-refractivity contribution >= 4 is 22.8 Å². The number of rotatable bonds is 4. The molecule has 0 unspecified atom stereocenters. The molecule has 0 fully saturated rings. The zero-order valence-electron chi connectivity index (χ0n) is 14.6. The van der Waals surface area contributed by atoms with Gasteiger partial charge in [0.25, 0.3) is 0 Å². The number of benzene rings is 2. The van der Waals surface area contributed by atoms with Gasteiger partial charge in [0.05, 0.1) is 19.0 Å². The molecule has 2 aromatic carbocycles. The minimum Gasteiger partial charge on any atom is -0.497 e. The molecule has 0 bridgehead atoms. The van der Waals surface area contributed by atoms with Crippen molar-refractivity contribution in [1.82, 2.24) is 14.4 Å². The van der Waals surface area contributed by atoms with Crippen molar-refractivity contribution in [3.8, 4) is 17.0 Å². The number of imidazole rings is 1. The number of hydrogen-bond donors (Lipinski definition) is 2. The van der Waals surface area contributed by atoms with E-state index in [-0.39, 0.29) is 0 Å². The average Bonchev–Trinajstić information content (AvgIpc) is 3.10. The molecule has 0 saturated heterocycles. The molecule has 130 valence electrons. The van der Waals surface area contributed by atoms with Gasteiger partial charge >= 0.3 is 0 Å². The lowest BCUT2D eigenvalue weighted by Crippen LogP contribution is -1.99. The van der Waals surface area contributed by atoms with E-state index in [9.17, 15) is 0 Å². The first-order chi connectivity index (χ1) is 12.7. The number of ether oxygens (including phenoxy) is 1. The highest BCUT2D eigenvalue weighted by atomic mass is 16.5. The second-order valence-electron chi connectivity index (χ2n) is 6.04. The molecule has 2 aromatic heterocycles. The van der Waals surface area contributed by atoms with Crippen molar-refractivity contribution in [3.05, 3.63) is 66.6 Å². The summed E-state index contributed by atoms with van der Waals surface area (Å²) in [4.78, 5) is 9.00. The normalized spacial score (nSPS) is 10.8. The van der Waals surface area contributed by atoms with Crippen LogP contribution < -0.4 is 15.8 Å². The van der Waals surface area contributed by atoms with Gasteiger partial charge in [-0.05, 0) is 55.0 Å². The largest absolute Gasteiger partial charge is 0.497 e. The van der Waals surface area contributed by atoms with Crippen LogP contribution in [-0.4, -0.2) is 21.5 Å². The zero-order chi connectivity index (χ0) is 18.1. The van der Waals surface area contributed by atoms with Crippen molar-refractivity contribution < 1.29 is 4.74 Å². The molecule has 0 radical (unpaired) electrons. The van der Waals surface area contributed by atoms with E-state index in [1.165, 1.54) is 0 Å². The number of anilines is 3. The van der Waals surface area contributed by atoms with Gasteiger partial charge in [-0.25, -0.2) is 9.97 Å². The van der Waals surface area contributed by atoms with E-state index in [0.29, 0.717) is 5.82 Å². The van der Waals surface area contributed by atoms with Crippen molar-refractivity contribution in [2.75, 3.05) is 18.2 Å². The Bertz CT molecular complexity index is 1070. The first-order valence-electron chi connectivity index (χ1n) is 8.25. The summed E-state index contributed by atoms with van der Waals surface area (Å²) in [6.45, 7) is 1.98. The molecule has 0 aliphatic rings. The maximum absolute atomic E-state index is 5.89. The van der Waals surface area contributed by atoms with Crippen LogP contribution in [0.5, 0.6) is 5.75 Å². The van der Waals surface area contributed by atoms with Gasteiger partial charge in [0.1, 0.15) is 5.75 Å². The van der Waals surface area contributed by atoms with E-state index in [0.717, 1.165) is 39.6 Å². The first kappa shape index (κ1) is 16.0. The highest BCUT2D eigenvalue weighted by Crippen LogP contribution is 2.27. The number of fused-ring (bicyclic) bond motifs is 1. The third-order valence-corrected chi connectivity index (χ3v) is 4.35. The van der Waals surface area contributed by atoms with E-state index in [1.807, 2.05) is 66.2 Å². The molecule has 0 atom stereocenters. The standard InChI is InChI=1S/C20H19N5O/c1-13-11-15(5-8-17(13)21)24-19-20-23-12-18(25(20)10-9-22-19)14-3-6-16(26-2)7-4-14/h3-12H,21H2,1-2H3,(H,22,24). The molecule has 0 aliphatic carbocycles. The average molecular weight is 345 g/mol. The SMILES string of the molecule is COc1ccc(-c2cnc3c(Nc4ccc(N)c(C)c4)nccn23)cc1. The van der Waals surface area contributed by atoms with Crippen LogP contribution in [0.4, 0.5) is 17.2 Å². The quantitative estimate of drug-likeness (QED) is 0.546. The highest BCUT2D eigenvalue weighted by Gasteiger charge is 2.11. The van der Waals surface area contributed by atoms with E-state index in [2.05, 4.69) is 15.3 Å². The lowest BCUT2D eigenvalue weighted by Gasteiger charge is -2.09. The summed E-state index contributed by atoms with van der Waals surface area (Å²) in [6, 6.07) is 13.7. The Hall–Kier alpha value is -3.54. The molecule has 0 spiro atoms. The Morgan fingerprint density at radius 1 is 1.08 bits per heavy atom. The predicted molar refractivity (Wildman–Crippen MR) is 104 cm³/mol.